The van der Waals surface area contributed by atoms with Crippen LogP contribution in [0.1, 0.15) is 5.69 Å². The first-order valence-electron chi connectivity index (χ1n) is 4.35. The Morgan fingerprint density at radius 2 is 1.67 bits per heavy atom. The van der Waals surface area contributed by atoms with Gasteiger partial charge in [-0.3, -0.25) is 0 Å². The lowest BCUT2D eigenvalue weighted by Crippen LogP contribution is -1.85. The monoisotopic (exact) mass is 214 g/mol. The van der Waals surface area contributed by atoms with Gasteiger partial charge in [-0.1, -0.05) is 30.2 Å². The van der Waals surface area contributed by atoms with Crippen LogP contribution in [0.3, 0.4) is 0 Å². The van der Waals surface area contributed by atoms with Crippen LogP contribution >= 0.6 is 11.6 Å². The van der Waals surface area contributed by atoms with Crippen LogP contribution in [0.15, 0.2) is 36.5 Å². The minimum absolute atomic E-state index is 0.186. The van der Waals surface area contributed by atoms with Crippen LogP contribution in [0, 0.1) is 12.3 Å². The largest absolute Gasteiger partial charge is 0.226 e. The fraction of sp³-hybridized carbons (Fsp3) is 0. The molecule has 3 rings (SSSR count). The predicted molar refractivity (Wildman–Crippen MR) is 60.4 cm³/mol. The van der Waals surface area contributed by atoms with Crippen LogP contribution in [0.4, 0.5) is 0 Å². The van der Waals surface area contributed by atoms with E-state index in [1.54, 1.807) is 6.07 Å². The number of halogens is 1. The molecular formula is C12H7ClN2. The average Bonchev–Trinajstić information content (AvgIpc) is 2.24. The van der Waals surface area contributed by atoms with Gasteiger partial charge in [0, 0.05) is 6.20 Å². The molecule has 2 aliphatic rings. The first-order valence-corrected chi connectivity index (χ1v) is 4.73. The van der Waals surface area contributed by atoms with E-state index < -0.39 is 0 Å². The van der Waals surface area contributed by atoms with Crippen molar-refractivity contribution in [2.24, 2.45) is 0 Å². The quantitative estimate of drug-likeness (QED) is 0.425. The Balaban J connectivity index is 0.000000121. The zero-order chi connectivity index (χ0) is 10.7. The molecule has 0 radical (unpaired) electrons. The van der Waals surface area contributed by atoms with Crippen molar-refractivity contribution in [3.63, 3.8) is 0 Å². The van der Waals surface area contributed by atoms with E-state index in [-0.39, 0.29) is 5.28 Å². The number of hydrogen-bond acceptors (Lipinski definition) is 2. The van der Waals surface area contributed by atoms with Gasteiger partial charge < -0.3 is 0 Å². The molecule has 1 aromatic rings. The standard InChI is InChI=1S/C6H3ClN2.C6H4/c1-2-5-3-4-8-6(7)9-5;1-2-6-4-3-5(1)6/h1,3-4H;1-4H. The van der Waals surface area contributed by atoms with E-state index in [1.165, 1.54) is 17.3 Å². The van der Waals surface area contributed by atoms with Crippen LogP contribution in [0.5, 0.6) is 0 Å². The highest BCUT2D eigenvalue weighted by Gasteiger charge is 2.03. The Morgan fingerprint density at radius 3 is 1.93 bits per heavy atom. The van der Waals surface area contributed by atoms with Crippen molar-refractivity contribution in [2.45, 2.75) is 0 Å². The summed E-state index contributed by atoms with van der Waals surface area (Å²) in [5.41, 5.74) is 3.36. The van der Waals surface area contributed by atoms with Gasteiger partial charge >= 0.3 is 0 Å². The summed E-state index contributed by atoms with van der Waals surface area (Å²) in [5.74, 6) is 2.33. The smallest absolute Gasteiger partial charge is 0.223 e. The molecule has 72 valence electrons. The minimum Gasteiger partial charge on any atom is -0.226 e. The van der Waals surface area contributed by atoms with Crippen molar-refractivity contribution in [2.75, 3.05) is 0 Å². The zero-order valence-electron chi connectivity index (χ0n) is 7.81. The second-order valence-electron chi connectivity index (χ2n) is 2.93. The van der Waals surface area contributed by atoms with Crippen molar-refractivity contribution < 1.29 is 0 Å². The van der Waals surface area contributed by atoms with Gasteiger partial charge in [-0.05, 0) is 28.8 Å². The highest BCUT2D eigenvalue weighted by atomic mass is 35.5. The number of benzene rings is 1. The van der Waals surface area contributed by atoms with Crippen molar-refractivity contribution in [3.8, 4) is 23.5 Å². The molecule has 0 atom stereocenters. The summed E-state index contributed by atoms with van der Waals surface area (Å²) in [5, 5.41) is 0.186. The van der Waals surface area contributed by atoms with Gasteiger partial charge in [0.1, 0.15) is 5.69 Å². The third-order valence-electron chi connectivity index (χ3n) is 1.99. The molecule has 0 amide bonds. The van der Waals surface area contributed by atoms with E-state index in [9.17, 15) is 0 Å². The third kappa shape index (κ3) is 2.15. The molecule has 0 spiro atoms. The molecule has 1 aromatic heterocycles. The van der Waals surface area contributed by atoms with Gasteiger partial charge in [0.25, 0.3) is 0 Å². The summed E-state index contributed by atoms with van der Waals surface area (Å²) >= 11 is 5.41. The topological polar surface area (TPSA) is 25.8 Å². The lowest BCUT2D eigenvalue weighted by molar-refractivity contribution is 1.15. The molecule has 0 aromatic carbocycles. The van der Waals surface area contributed by atoms with Crippen LogP contribution in [-0.2, 0) is 0 Å². The minimum atomic E-state index is 0.186. The van der Waals surface area contributed by atoms with Gasteiger partial charge in [-0.25, -0.2) is 9.97 Å². The zero-order valence-corrected chi connectivity index (χ0v) is 8.57. The molecule has 2 nitrogen and oxygen atoms in total. The number of rotatable bonds is 0. The van der Waals surface area contributed by atoms with Gasteiger partial charge in [-0.15, -0.1) is 6.42 Å². The van der Waals surface area contributed by atoms with E-state index in [2.05, 4.69) is 40.2 Å². The van der Waals surface area contributed by atoms with Crippen LogP contribution in [0.2, 0.25) is 5.28 Å². The first-order chi connectivity index (χ1) is 7.29. The molecule has 0 saturated carbocycles. The summed E-state index contributed by atoms with van der Waals surface area (Å²) in [4.78, 5) is 7.36. The molecule has 0 unspecified atom stereocenters. The molecule has 2 aliphatic carbocycles. The second-order valence-corrected chi connectivity index (χ2v) is 3.27. The number of fused-ring (bicyclic) bond motifs is 1. The van der Waals surface area contributed by atoms with Gasteiger partial charge in [0.05, 0.1) is 0 Å². The summed E-state index contributed by atoms with van der Waals surface area (Å²) in [6.45, 7) is 0. The summed E-state index contributed by atoms with van der Waals surface area (Å²) in [6.07, 6.45) is 6.54. The van der Waals surface area contributed by atoms with E-state index in [1.807, 2.05) is 0 Å². The molecule has 0 N–H and O–H groups in total. The lowest BCUT2D eigenvalue weighted by atomic mass is 9.95. The SMILES string of the molecule is C#Cc1ccnc(Cl)n1.c1cc2ccc1-2. The van der Waals surface area contributed by atoms with Crippen LogP contribution in [-0.4, -0.2) is 9.97 Å². The third-order valence-corrected chi connectivity index (χ3v) is 2.17. The Labute approximate surface area is 93.0 Å². The van der Waals surface area contributed by atoms with E-state index in [0.717, 1.165) is 0 Å². The second kappa shape index (κ2) is 4.12. The maximum Gasteiger partial charge on any atom is 0.223 e. The number of terminal acetylenes is 1. The highest BCUT2D eigenvalue weighted by molar-refractivity contribution is 6.28. The molecular weight excluding hydrogens is 208 g/mol. The molecule has 3 heteroatoms. The van der Waals surface area contributed by atoms with Gasteiger partial charge in [-0.2, -0.15) is 0 Å². The van der Waals surface area contributed by atoms with E-state index >= 15 is 0 Å². The van der Waals surface area contributed by atoms with Crippen LogP contribution in [0.25, 0.3) is 11.1 Å². The summed E-state index contributed by atoms with van der Waals surface area (Å²) < 4.78 is 0. The normalized spacial score (nSPS) is 9.60. The lowest BCUT2D eigenvalue weighted by Gasteiger charge is -2.10. The Hall–Kier alpha value is -1.85. The van der Waals surface area contributed by atoms with Crippen molar-refractivity contribution in [1.29, 1.82) is 0 Å². The summed E-state index contributed by atoms with van der Waals surface area (Å²) in [6, 6.07) is 10.1. The number of nitrogens with zero attached hydrogens (tertiary/aromatic N) is 2. The fourth-order valence-corrected chi connectivity index (χ4v) is 1.23. The van der Waals surface area contributed by atoms with Crippen LogP contribution < -0.4 is 0 Å². The molecule has 0 bridgehead atoms. The maximum absolute atomic E-state index is 5.41. The average molecular weight is 215 g/mol. The van der Waals surface area contributed by atoms with E-state index in [0.29, 0.717) is 5.69 Å². The van der Waals surface area contributed by atoms with Crippen molar-refractivity contribution in [1.82, 2.24) is 9.97 Å². The van der Waals surface area contributed by atoms with Crippen molar-refractivity contribution >= 4 is 11.6 Å². The summed E-state index contributed by atoms with van der Waals surface area (Å²) in [7, 11) is 0. The Morgan fingerprint density at radius 1 is 1.07 bits per heavy atom. The van der Waals surface area contributed by atoms with E-state index in [4.69, 9.17) is 18.0 Å². The predicted octanol–water partition coefficient (Wildman–Crippen LogP) is 2.78. The van der Waals surface area contributed by atoms with Gasteiger partial charge in [0.15, 0.2) is 0 Å². The fourth-order valence-electron chi connectivity index (χ4n) is 1.08. The Bertz CT molecular complexity index is 491. The Kier molecular flexibility index (Phi) is 2.66. The molecule has 0 aliphatic heterocycles. The highest BCUT2D eigenvalue weighted by Crippen LogP contribution is 2.29. The maximum atomic E-state index is 5.41. The molecule has 0 fully saturated rings. The van der Waals surface area contributed by atoms with Crippen molar-refractivity contribution in [3.05, 3.63) is 47.5 Å². The number of hydrogen-bond donors (Lipinski definition) is 0. The molecule has 0 saturated heterocycles. The van der Waals surface area contributed by atoms with Gasteiger partial charge in [0.2, 0.25) is 5.28 Å². The number of aromatic nitrogens is 2. The molecule has 15 heavy (non-hydrogen) atoms. The molecule has 1 heterocycles. The first kappa shape index (κ1) is 9.70.